The van der Waals surface area contributed by atoms with Crippen molar-refractivity contribution in [2.75, 3.05) is 18.5 Å². The average molecular weight is 435 g/mol. The zero-order chi connectivity index (χ0) is 22.2. The lowest BCUT2D eigenvalue weighted by molar-refractivity contribution is 0.0856. The van der Waals surface area contributed by atoms with Crippen molar-refractivity contribution in [1.29, 1.82) is 0 Å². The molecule has 32 heavy (non-hydrogen) atoms. The van der Waals surface area contributed by atoms with Gasteiger partial charge in [-0.25, -0.2) is 0 Å². The van der Waals surface area contributed by atoms with Gasteiger partial charge in [0.2, 0.25) is 5.82 Å². The minimum absolute atomic E-state index is 0.249. The molecule has 1 unspecified atom stereocenters. The van der Waals surface area contributed by atoms with Crippen LogP contribution in [0.2, 0.25) is 0 Å². The number of H-pyrrole nitrogens is 1. The maximum Gasteiger partial charge on any atom is 0.255 e. The van der Waals surface area contributed by atoms with E-state index in [1.54, 1.807) is 42.5 Å². The largest absolute Gasteiger partial charge is 0.490 e. The molecule has 1 amide bonds. The van der Waals surface area contributed by atoms with Crippen LogP contribution in [0.25, 0.3) is 0 Å². The van der Waals surface area contributed by atoms with Crippen molar-refractivity contribution in [2.45, 2.75) is 32.3 Å². The second kappa shape index (κ2) is 10.4. The first-order valence-electron chi connectivity index (χ1n) is 10.6. The number of fused-ring (bicyclic) bond motifs is 1. The quantitative estimate of drug-likeness (QED) is 0.385. The van der Waals surface area contributed by atoms with Gasteiger partial charge in [-0.05, 0) is 42.8 Å². The molecule has 2 N–H and O–H groups in total. The number of nitrogens with zero attached hydrogens (tertiary/aromatic N) is 3. The van der Waals surface area contributed by atoms with Crippen LogP contribution in [0.4, 0.5) is 5.69 Å². The Hall–Kier alpha value is -3.88. The van der Waals surface area contributed by atoms with Crippen molar-refractivity contribution < 1.29 is 19.0 Å². The van der Waals surface area contributed by atoms with E-state index in [1.165, 1.54) is 12.8 Å². The Morgan fingerprint density at radius 1 is 1.25 bits per heavy atom. The van der Waals surface area contributed by atoms with Gasteiger partial charge in [0.1, 0.15) is 19.0 Å². The van der Waals surface area contributed by atoms with Gasteiger partial charge in [0.15, 0.2) is 17.6 Å². The smallest absolute Gasteiger partial charge is 0.255 e. The highest BCUT2D eigenvalue weighted by molar-refractivity contribution is 6.05. The second-order valence-corrected chi connectivity index (χ2v) is 7.22. The molecule has 3 aromatic rings. The summed E-state index contributed by atoms with van der Waals surface area (Å²) in [4.78, 5) is 12.8. The summed E-state index contributed by atoms with van der Waals surface area (Å²) < 4.78 is 17.4. The van der Waals surface area contributed by atoms with E-state index in [-0.39, 0.29) is 12.5 Å². The molecule has 0 fully saturated rings. The standard InChI is InChI=1S/C23H25N5O4/c1-2-3-4-5-6-14-30-17-12-10-16(11-13-17)23(29)24-18-8-7-9-19-21(18)32-20(15-31-19)22-25-27-28-26-22/h5-13,20H,2-4,14-15H2,1H3,(H,24,29)(H,25,26,27,28)/b6-5+. The molecule has 1 atom stereocenters. The van der Waals surface area contributed by atoms with Crippen LogP contribution in [0.15, 0.2) is 54.6 Å². The van der Waals surface area contributed by atoms with Crippen LogP contribution in [-0.4, -0.2) is 39.7 Å². The lowest BCUT2D eigenvalue weighted by Crippen LogP contribution is -2.24. The summed E-state index contributed by atoms with van der Waals surface area (Å²) in [6.07, 6.45) is 7.04. The van der Waals surface area contributed by atoms with E-state index in [1.807, 2.05) is 6.08 Å². The number of unbranched alkanes of at least 4 members (excludes halogenated alkanes) is 2. The topological polar surface area (TPSA) is 111 Å². The van der Waals surface area contributed by atoms with Crippen molar-refractivity contribution >= 4 is 11.6 Å². The Morgan fingerprint density at radius 2 is 2.12 bits per heavy atom. The van der Waals surface area contributed by atoms with E-state index in [9.17, 15) is 4.79 Å². The van der Waals surface area contributed by atoms with Crippen LogP contribution < -0.4 is 19.5 Å². The fraction of sp³-hybridized carbons (Fsp3) is 0.304. The molecule has 0 radical (unpaired) electrons. The molecule has 2 heterocycles. The Balaban J connectivity index is 1.38. The molecule has 0 saturated heterocycles. The molecule has 1 aliphatic rings. The normalized spacial score (nSPS) is 15.0. The van der Waals surface area contributed by atoms with E-state index in [0.29, 0.717) is 40.9 Å². The number of carbonyl (C=O) groups excluding carboxylic acids is 1. The van der Waals surface area contributed by atoms with Crippen molar-refractivity contribution in [3.05, 3.63) is 66.0 Å². The van der Waals surface area contributed by atoms with Crippen molar-refractivity contribution in [1.82, 2.24) is 20.6 Å². The number of amides is 1. The SMILES string of the molecule is CCCC/C=C/COc1ccc(C(=O)Nc2cccc3c2OC(c2nn[nH]n2)CO3)cc1. The molecular formula is C23H25N5O4. The number of para-hydroxylation sites is 1. The third-order valence-corrected chi connectivity index (χ3v) is 4.88. The van der Waals surface area contributed by atoms with E-state index in [4.69, 9.17) is 14.2 Å². The Labute approximate surface area is 185 Å². The summed E-state index contributed by atoms with van der Waals surface area (Å²) in [6, 6.07) is 12.3. The number of ether oxygens (including phenoxy) is 3. The first kappa shape index (κ1) is 21.4. The number of hydrogen-bond donors (Lipinski definition) is 2. The number of allylic oxidation sites excluding steroid dienone is 1. The summed E-state index contributed by atoms with van der Waals surface area (Å²) >= 11 is 0. The van der Waals surface area contributed by atoms with Crippen LogP contribution in [0.3, 0.4) is 0 Å². The van der Waals surface area contributed by atoms with Gasteiger partial charge in [-0.15, -0.1) is 10.2 Å². The number of hydrogen-bond acceptors (Lipinski definition) is 7. The Bertz CT molecular complexity index is 1050. The number of rotatable bonds is 9. The van der Waals surface area contributed by atoms with Crippen LogP contribution in [-0.2, 0) is 0 Å². The predicted octanol–water partition coefficient (Wildman–Crippen LogP) is 4.09. The molecule has 2 aromatic carbocycles. The molecule has 1 aromatic heterocycles. The number of nitrogens with one attached hydrogen (secondary N) is 2. The maximum absolute atomic E-state index is 12.8. The number of aromatic nitrogens is 4. The molecule has 0 bridgehead atoms. The molecule has 1 aliphatic heterocycles. The van der Waals surface area contributed by atoms with Crippen molar-refractivity contribution in [3.63, 3.8) is 0 Å². The highest BCUT2D eigenvalue weighted by Crippen LogP contribution is 2.41. The summed E-state index contributed by atoms with van der Waals surface area (Å²) in [5.74, 6) is 1.79. The zero-order valence-electron chi connectivity index (χ0n) is 17.8. The summed E-state index contributed by atoms with van der Waals surface area (Å²) in [6.45, 7) is 2.92. The summed E-state index contributed by atoms with van der Waals surface area (Å²) in [5.41, 5.74) is 0.998. The minimum atomic E-state index is -0.522. The van der Waals surface area contributed by atoms with Crippen LogP contribution in [0.5, 0.6) is 17.2 Å². The van der Waals surface area contributed by atoms with Gasteiger partial charge in [0, 0.05) is 5.56 Å². The molecular weight excluding hydrogens is 410 g/mol. The summed E-state index contributed by atoms with van der Waals surface area (Å²) in [7, 11) is 0. The highest BCUT2D eigenvalue weighted by atomic mass is 16.6. The fourth-order valence-electron chi connectivity index (χ4n) is 3.17. The van der Waals surface area contributed by atoms with Gasteiger partial charge in [0.25, 0.3) is 5.91 Å². The third kappa shape index (κ3) is 5.23. The lowest BCUT2D eigenvalue weighted by Gasteiger charge is -2.26. The maximum atomic E-state index is 12.8. The monoisotopic (exact) mass is 435 g/mol. The Kier molecular flexibility index (Phi) is 6.96. The Morgan fingerprint density at radius 3 is 2.91 bits per heavy atom. The molecule has 9 heteroatoms. The van der Waals surface area contributed by atoms with Crippen LogP contribution in [0, 0.1) is 0 Å². The van der Waals surface area contributed by atoms with Gasteiger partial charge in [0.05, 0.1) is 5.69 Å². The second-order valence-electron chi connectivity index (χ2n) is 7.22. The molecule has 4 rings (SSSR count). The number of benzene rings is 2. The molecule has 0 saturated carbocycles. The van der Waals surface area contributed by atoms with E-state index < -0.39 is 6.10 Å². The molecule has 0 aliphatic carbocycles. The average Bonchev–Trinajstić information content (AvgIpc) is 3.37. The van der Waals surface area contributed by atoms with Crippen LogP contribution in [0.1, 0.15) is 48.5 Å². The van der Waals surface area contributed by atoms with E-state index in [2.05, 4.69) is 38.9 Å². The van der Waals surface area contributed by atoms with E-state index >= 15 is 0 Å². The predicted molar refractivity (Wildman–Crippen MR) is 118 cm³/mol. The summed E-state index contributed by atoms with van der Waals surface area (Å²) in [5, 5.41) is 16.7. The lowest BCUT2D eigenvalue weighted by atomic mass is 10.2. The zero-order valence-corrected chi connectivity index (χ0v) is 17.8. The minimum Gasteiger partial charge on any atom is -0.490 e. The molecule has 0 spiro atoms. The van der Waals surface area contributed by atoms with Gasteiger partial charge >= 0.3 is 0 Å². The van der Waals surface area contributed by atoms with Gasteiger partial charge < -0.3 is 19.5 Å². The van der Waals surface area contributed by atoms with Gasteiger partial charge in [-0.1, -0.05) is 43.2 Å². The van der Waals surface area contributed by atoms with E-state index in [0.717, 1.165) is 6.42 Å². The van der Waals surface area contributed by atoms with Gasteiger partial charge in [-0.3, -0.25) is 4.79 Å². The van der Waals surface area contributed by atoms with Crippen molar-refractivity contribution in [3.8, 4) is 17.2 Å². The molecule has 9 nitrogen and oxygen atoms in total. The number of aromatic amines is 1. The van der Waals surface area contributed by atoms with Crippen LogP contribution >= 0.6 is 0 Å². The highest BCUT2D eigenvalue weighted by Gasteiger charge is 2.28. The van der Waals surface area contributed by atoms with Gasteiger partial charge in [-0.2, -0.15) is 5.21 Å². The fourth-order valence-corrected chi connectivity index (χ4v) is 3.17. The number of anilines is 1. The first-order valence-corrected chi connectivity index (χ1v) is 10.6. The first-order chi connectivity index (χ1) is 15.7. The third-order valence-electron chi connectivity index (χ3n) is 4.88. The number of carbonyl (C=O) groups is 1. The molecule has 166 valence electrons. The van der Waals surface area contributed by atoms with Crippen molar-refractivity contribution in [2.24, 2.45) is 0 Å². The number of tetrazole rings is 1.